The fraction of sp³-hybridized carbons (Fsp3) is 0.421. The molecule has 2 heterocycles. The molecule has 2 aromatic rings. The number of rotatable bonds is 5. The van der Waals surface area contributed by atoms with Crippen LogP contribution in [0.2, 0.25) is 0 Å². The highest BCUT2D eigenvalue weighted by Crippen LogP contribution is 2.25. The molecule has 1 aliphatic heterocycles. The van der Waals surface area contributed by atoms with Gasteiger partial charge in [0.1, 0.15) is 11.4 Å². The molecule has 0 unspecified atom stereocenters. The van der Waals surface area contributed by atoms with Gasteiger partial charge in [0.2, 0.25) is 0 Å². The van der Waals surface area contributed by atoms with Crippen LogP contribution in [0.25, 0.3) is 0 Å². The lowest BCUT2D eigenvalue weighted by Crippen LogP contribution is -2.41. The molecule has 7 heteroatoms. The molecule has 1 aliphatic rings. The molecule has 7 nitrogen and oxygen atoms in total. The Morgan fingerprint density at radius 2 is 2.12 bits per heavy atom. The van der Waals surface area contributed by atoms with E-state index in [1.165, 1.54) is 0 Å². The van der Waals surface area contributed by atoms with Crippen LogP contribution in [0.1, 0.15) is 46.7 Å². The molecule has 1 aromatic heterocycles. The number of hydrogen-bond donors (Lipinski definition) is 1. The molecule has 1 fully saturated rings. The molecule has 0 saturated carbocycles. The Bertz CT molecular complexity index is 787. The summed E-state index contributed by atoms with van der Waals surface area (Å²) in [5.74, 6) is 0.374. The average molecular weight is 356 g/mol. The maximum Gasteiger partial charge on any atom is 0.271 e. The summed E-state index contributed by atoms with van der Waals surface area (Å²) in [6, 6.07) is 9.09. The fourth-order valence-corrected chi connectivity index (χ4v) is 3.24. The van der Waals surface area contributed by atoms with E-state index in [2.05, 4.69) is 10.4 Å². The molecule has 0 aliphatic carbocycles. The van der Waals surface area contributed by atoms with Crippen molar-refractivity contribution in [2.24, 2.45) is 0 Å². The van der Waals surface area contributed by atoms with Gasteiger partial charge < -0.3 is 15.0 Å². The largest absolute Gasteiger partial charge is 0.493 e. The van der Waals surface area contributed by atoms with Gasteiger partial charge in [-0.05, 0) is 38.0 Å². The fourth-order valence-electron chi connectivity index (χ4n) is 3.24. The minimum Gasteiger partial charge on any atom is -0.493 e. The van der Waals surface area contributed by atoms with Gasteiger partial charge in [0, 0.05) is 26.3 Å². The summed E-state index contributed by atoms with van der Waals surface area (Å²) in [4.78, 5) is 26.5. The molecular weight excluding hydrogens is 332 g/mol. The van der Waals surface area contributed by atoms with Gasteiger partial charge in [-0.3, -0.25) is 14.3 Å². The highest BCUT2D eigenvalue weighted by molar-refractivity contribution is 5.97. The van der Waals surface area contributed by atoms with E-state index in [9.17, 15) is 9.59 Å². The van der Waals surface area contributed by atoms with Crippen LogP contribution in [0.5, 0.6) is 5.75 Å². The number of para-hydroxylation sites is 1. The summed E-state index contributed by atoms with van der Waals surface area (Å²) in [6.45, 7) is 3.69. The summed E-state index contributed by atoms with van der Waals surface area (Å²) in [5.41, 5.74) is 0.971. The van der Waals surface area contributed by atoms with Crippen LogP contribution >= 0.6 is 0 Å². The first kappa shape index (κ1) is 18.0. The average Bonchev–Trinajstić information content (AvgIpc) is 3.18. The highest BCUT2D eigenvalue weighted by Gasteiger charge is 2.27. The van der Waals surface area contributed by atoms with Gasteiger partial charge in [-0.25, -0.2) is 0 Å². The van der Waals surface area contributed by atoms with Crippen molar-refractivity contribution in [3.63, 3.8) is 0 Å². The van der Waals surface area contributed by atoms with Gasteiger partial charge in [0.15, 0.2) is 0 Å². The first-order valence-corrected chi connectivity index (χ1v) is 8.92. The van der Waals surface area contributed by atoms with Crippen LogP contribution in [-0.4, -0.2) is 53.2 Å². The smallest absolute Gasteiger partial charge is 0.271 e. The molecule has 0 radical (unpaired) electrons. The molecule has 1 aromatic carbocycles. The zero-order valence-electron chi connectivity index (χ0n) is 15.1. The van der Waals surface area contributed by atoms with E-state index in [0.717, 1.165) is 12.8 Å². The number of benzene rings is 1. The van der Waals surface area contributed by atoms with Crippen molar-refractivity contribution < 1.29 is 14.3 Å². The SMILES string of the molecule is CCOc1ccccc1C(=O)N1CCC[C@@H](n2ccc(C(=O)NC)n2)C1. The quantitative estimate of drug-likeness (QED) is 0.890. The number of nitrogens with zero attached hydrogens (tertiary/aromatic N) is 3. The molecule has 0 bridgehead atoms. The standard InChI is InChI=1S/C19H24N4O3/c1-3-26-17-9-5-4-8-15(17)19(25)22-11-6-7-14(13-22)23-12-10-16(21-23)18(24)20-2/h4-5,8-10,12,14H,3,6-7,11,13H2,1-2H3,(H,20,24)/t14-/m1/s1. The Hall–Kier alpha value is -2.83. The predicted octanol–water partition coefficient (Wildman–Crippen LogP) is 2.12. The zero-order valence-corrected chi connectivity index (χ0v) is 15.1. The molecule has 138 valence electrons. The summed E-state index contributed by atoms with van der Waals surface area (Å²) in [7, 11) is 1.58. The van der Waals surface area contributed by atoms with Gasteiger partial charge in [-0.1, -0.05) is 12.1 Å². The lowest BCUT2D eigenvalue weighted by molar-refractivity contribution is 0.0667. The van der Waals surface area contributed by atoms with Crippen LogP contribution in [0, 0.1) is 0 Å². The topological polar surface area (TPSA) is 76.5 Å². The van der Waals surface area contributed by atoms with E-state index in [0.29, 0.717) is 36.7 Å². The van der Waals surface area contributed by atoms with Gasteiger partial charge in [-0.2, -0.15) is 5.10 Å². The number of ether oxygens (including phenoxy) is 1. The summed E-state index contributed by atoms with van der Waals surface area (Å²) in [6.07, 6.45) is 3.62. The van der Waals surface area contributed by atoms with Gasteiger partial charge >= 0.3 is 0 Å². The maximum absolute atomic E-state index is 13.0. The summed E-state index contributed by atoms with van der Waals surface area (Å²) in [5, 5.41) is 6.93. The van der Waals surface area contributed by atoms with E-state index in [1.54, 1.807) is 30.1 Å². The van der Waals surface area contributed by atoms with Crippen molar-refractivity contribution in [2.75, 3.05) is 26.7 Å². The second-order valence-corrected chi connectivity index (χ2v) is 6.24. The van der Waals surface area contributed by atoms with Crippen LogP contribution in [0.15, 0.2) is 36.5 Å². The Morgan fingerprint density at radius 1 is 1.31 bits per heavy atom. The third-order valence-electron chi connectivity index (χ3n) is 4.54. The zero-order chi connectivity index (χ0) is 18.5. The van der Waals surface area contributed by atoms with Crippen LogP contribution in [0.3, 0.4) is 0 Å². The van der Waals surface area contributed by atoms with Crippen molar-refractivity contribution in [1.29, 1.82) is 0 Å². The van der Waals surface area contributed by atoms with Crippen LogP contribution in [-0.2, 0) is 0 Å². The minimum absolute atomic E-state index is 0.0302. The third-order valence-corrected chi connectivity index (χ3v) is 4.54. The van der Waals surface area contributed by atoms with Crippen molar-refractivity contribution in [3.05, 3.63) is 47.8 Å². The van der Waals surface area contributed by atoms with Crippen LogP contribution < -0.4 is 10.1 Å². The Morgan fingerprint density at radius 3 is 2.88 bits per heavy atom. The Labute approximate surface area is 152 Å². The number of hydrogen-bond acceptors (Lipinski definition) is 4. The number of amides is 2. The molecule has 0 spiro atoms. The second-order valence-electron chi connectivity index (χ2n) is 6.24. The Kier molecular flexibility index (Phi) is 5.55. The highest BCUT2D eigenvalue weighted by atomic mass is 16.5. The van der Waals surface area contributed by atoms with Gasteiger partial charge in [0.25, 0.3) is 11.8 Å². The molecule has 1 saturated heterocycles. The van der Waals surface area contributed by atoms with Crippen molar-refractivity contribution in [3.8, 4) is 5.75 Å². The summed E-state index contributed by atoms with van der Waals surface area (Å²) < 4.78 is 7.38. The normalized spacial score (nSPS) is 17.0. The number of nitrogens with one attached hydrogen (secondary N) is 1. The number of likely N-dealkylation sites (tertiary alicyclic amines) is 1. The van der Waals surface area contributed by atoms with E-state index in [-0.39, 0.29) is 17.9 Å². The molecular formula is C19H24N4O3. The van der Waals surface area contributed by atoms with Crippen molar-refractivity contribution in [1.82, 2.24) is 20.0 Å². The second kappa shape index (κ2) is 8.03. The minimum atomic E-state index is -0.210. The third kappa shape index (κ3) is 3.71. The van der Waals surface area contributed by atoms with Gasteiger partial charge in [0.05, 0.1) is 18.2 Å². The van der Waals surface area contributed by atoms with Crippen molar-refractivity contribution in [2.45, 2.75) is 25.8 Å². The first-order chi connectivity index (χ1) is 12.6. The molecule has 1 N–H and O–H groups in total. The van der Waals surface area contributed by atoms with Crippen molar-refractivity contribution >= 4 is 11.8 Å². The number of piperidine rings is 1. The number of aromatic nitrogens is 2. The van der Waals surface area contributed by atoms with E-state index in [4.69, 9.17) is 4.74 Å². The van der Waals surface area contributed by atoms with E-state index >= 15 is 0 Å². The predicted molar refractivity (Wildman–Crippen MR) is 97.4 cm³/mol. The molecule has 3 rings (SSSR count). The Balaban J connectivity index is 1.75. The van der Waals surface area contributed by atoms with E-state index in [1.807, 2.05) is 30.0 Å². The first-order valence-electron chi connectivity index (χ1n) is 8.92. The number of carbonyl (C=O) groups is 2. The molecule has 1 atom stereocenters. The van der Waals surface area contributed by atoms with E-state index < -0.39 is 0 Å². The lowest BCUT2D eigenvalue weighted by atomic mass is 10.0. The molecule has 2 amide bonds. The number of carbonyl (C=O) groups excluding carboxylic acids is 2. The lowest BCUT2D eigenvalue weighted by Gasteiger charge is -2.33. The molecule has 26 heavy (non-hydrogen) atoms. The monoisotopic (exact) mass is 356 g/mol. The van der Waals surface area contributed by atoms with Crippen LogP contribution in [0.4, 0.5) is 0 Å². The maximum atomic E-state index is 13.0. The summed E-state index contributed by atoms with van der Waals surface area (Å²) >= 11 is 0. The van der Waals surface area contributed by atoms with Gasteiger partial charge in [-0.15, -0.1) is 0 Å².